The van der Waals surface area contributed by atoms with Crippen LogP contribution >= 0.6 is 0 Å². The van der Waals surface area contributed by atoms with Gasteiger partial charge in [-0.3, -0.25) is 9.78 Å². The van der Waals surface area contributed by atoms with Crippen molar-refractivity contribution in [1.29, 1.82) is 0 Å². The lowest BCUT2D eigenvalue weighted by Crippen LogP contribution is -2.15. The van der Waals surface area contributed by atoms with Crippen molar-refractivity contribution in [2.24, 2.45) is 0 Å². The number of amides is 1. The van der Waals surface area contributed by atoms with Crippen LogP contribution in [0.4, 0.5) is 5.69 Å². The summed E-state index contributed by atoms with van der Waals surface area (Å²) in [5, 5.41) is 2.82. The summed E-state index contributed by atoms with van der Waals surface area (Å²) >= 11 is 0. The molecule has 0 spiro atoms. The van der Waals surface area contributed by atoms with Crippen molar-refractivity contribution < 1.29 is 9.53 Å². The number of hydrogen-bond donors (Lipinski definition) is 1. The summed E-state index contributed by atoms with van der Waals surface area (Å²) in [6.45, 7) is 0.458. The summed E-state index contributed by atoms with van der Waals surface area (Å²) < 4.78 is 7.47. The molecule has 1 N–H and O–H groups in total. The standard InChI is InChI=1S/C19H15N5O2/c25-19(17-18-22-10-12-24(18)11-9-21-17)23-15-1-3-16(4-2-15)26-13-14-5-7-20-8-6-14/h1-12H,13H2,(H,23,25). The normalized spacial score (nSPS) is 10.6. The average molecular weight is 345 g/mol. The van der Waals surface area contributed by atoms with Crippen LogP contribution in [0, 0.1) is 0 Å². The Hall–Kier alpha value is -3.74. The fraction of sp³-hybridized carbons (Fsp3) is 0.0526. The minimum absolute atomic E-state index is 0.274. The van der Waals surface area contributed by atoms with Crippen molar-refractivity contribution >= 4 is 17.2 Å². The number of hydrogen-bond acceptors (Lipinski definition) is 5. The molecule has 4 rings (SSSR count). The zero-order valence-electron chi connectivity index (χ0n) is 13.7. The second-order valence-corrected chi connectivity index (χ2v) is 5.56. The van der Waals surface area contributed by atoms with Crippen molar-refractivity contribution in [2.45, 2.75) is 6.61 Å². The van der Waals surface area contributed by atoms with Crippen LogP contribution in [-0.2, 0) is 6.61 Å². The second kappa shape index (κ2) is 7.02. The van der Waals surface area contributed by atoms with E-state index in [1.807, 2.05) is 12.1 Å². The van der Waals surface area contributed by atoms with E-state index in [0.717, 1.165) is 5.56 Å². The van der Waals surface area contributed by atoms with Crippen molar-refractivity contribution in [1.82, 2.24) is 19.4 Å². The predicted molar refractivity (Wildman–Crippen MR) is 96.0 cm³/mol. The van der Waals surface area contributed by atoms with Gasteiger partial charge in [-0.2, -0.15) is 0 Å². The highest BCUT2D eigenvalue weighted by molar-refractivity contribution is 6.06. The van der Waals surface area contributed by atoms with Crippen LogP contribution in [0.1, 0.15) is 16.1 Å². The van der Waals surface area contributed by atoms with Gasteiger partial charge in [0.2, 0.25) is 0 Å². The van der Waals surface area contributed by atoms with E-state index in [1.54, 1.807) is 65.8 Å². The molecule has 7 heteroatoms. The summed E-state index contributed by atoms with van der Waals surface area (Å²) in [6.07, 6.45) is 10.2. The molecule has 0 bridgehead atoms. The number of benzene rings is 1. The first-order chi connectivity index (χ1) is 12.8. The highest BCUT2D eigenvalue weighted by Crippen LogP contribution is 2.18. The number of carbonyl (C=O) groups excluding carboxylic acids is 1. The van der Waals surface area contributed by atoms with Gasteiger partial charge < -0.3 is 14.5 Å². The fourth-order valence-corrected chi connectivity index (χ4v) is 2.48. The van der Waals surface area contributed by atoms with E-state index in [4.69, 9.17) is 4.74 Å². The third kappa shape index (κ3) is 3.36. The molecule has 0 fully saturated rings. The van der Waals surface area contributed by atoms with Crippen molar-refractivity contribution in [2.75, 3.05) is 5.32 Å². The van der Waals surface area contributed by atoms with Crippen LogP contribution < -0.4 is 10.1 Å². The van der Waals surface area contributed by atoms with Gasteiger partial charge in [0.25, 0.3) is 5.91 Å². The van der Waals surface area contributed by atoms with Gasteiger partial charge in [-0.25, -0.2) is 9.97 Å². The van der Waals surface area contributed by atoms with Crippen molar-refractivity contribution in [3.05, 3.63) is 84.8 Å². The number of pyridine rings is 1. The van der Waals surface area contributed by atoms with Crippen LogP contribution in [-0.4, -0.2) is 25.3 Å². The lowest BCUT2D eigenvalue weighted by atomic mass is 10.2. The summed E-state index contributed by atoms with van der Waals surface area (Å²) in [5.41, 5.74) is 2.48. The highest BCUT2D eigenvalue weighted by Gasteiger charge is 2.13. The molecule has 0 atom stereocenters. The summed E-state index contributed by atoms with van der Waals surface area (Å²) in [5.74, 6) is 0.403. The topological polar surface area (TPSA) is 81.4 Å². The summed E-state index contributed by atoms with van der Waals surface area (Å²) in [7, 11) is 0. The van der Waals surface area contributed by atoms with Gasteiger partial charge in [0, 0.05) is 42.9 Å². The number of nitrogens with one attached hydrogen (secondary N) is 1. The first-order valence-electron chi connectivity index (χ1n) is 8.00. The number of imidazole rings is 1. The van der Waals surface area contributed by atoms with E-state index in [-0.39, 0.29) is 11.6 Å². The Morgan fingerprint density at radius 3 is 2.46 bits per heavy atom. The van der Waals surface area contributed by atoms with E-state index in [0.29, 0.717) is 23.7 Å². The van der Waals surface area contributed by atoms with Crippen molar-refractivity contribution in [3.63, 3.8) is 0 Å². The molecule has 0 saturated heterocycles. The lowest BCUT2D eigenvalue weighted by Gasteiger charge is -2.08. The minimum atomic E-state index is -0.313. The van der Waals surface area contributed by atoms with Gasteiger partial charge in [-0.15, -0.1) is 0 Å². The molecule has 1 amide bonds. The fourth-order valence-electron chi connectivity index (χ4n) is 2.48. The van der Waals surface area contributed by atoms with Crippen LogP contribution in [0.25, 0.3) is 5.65 Å². The van der Waals surface area contributed by atoms with E-state index < -0.39 is 0 Å². The molecule has 0 saturated carbocycles. The smallest absolute Gasteiger partial charge is 0.278 e. The lowest BCUT2D eigenvalue weighted by molar-refractivity contribution is 0.102. The number of anilines is 1. The number of fused-ring (bicyclic) bond motifs is 1. The Balaban J connectivity index is 1.42. The van der Waals surface area contributed by atoms with Gasteiger partial charge in [-0.05, 0) is 42.0 Å². The molecular weight excluding hydrogens is 330 g/mol. The molecule has 3 heterocycles. The van der Waals surface area contributed by atoms with E-state index in [2.05, 4.69) is 20.3 Å². The number of rotatable bonds is 5. The summed E-state index contributed by atoms with van der Waals surface area (Å²) in [6, 6.07) is 11.0. The van der Waals surface area contributed by atoms with Gasteiger partial charge in [0.15, 0.2) is 11.3 Å². The molecule has 1 aromatic carbocycles. The number of ether oxygens (including phenoxy) is 1. The zero-order valence-corrected chi connectivity index (χ0v) is 13.7. The number of nitrogens with zero attached hydrogens (tertiary/aromatic N) is 4. The maximum absolute atomic E-state index is 12.5. The van der Waals surface area contributed by atoms with Gasteiger partial charge in [0.05, 0.1) is 0 Å². The molecule has 0 aliphatic carbocycles. The third-order valence-electron chi connectivity index (χ3n) is 3.79. The molecule has 7 nitrogen and oxygen atoms in total. The second-order valence-electron chi connectivity index (χ2n) is 5.56. The monoisotopic (exact) mass is 345 g/mol. The van der Waals surface area contributed by atoms with Gasteiger partial charge in [-0.1, -0.05) is 0 Å². The Kier molecular flexibility index (Phi) is 4.26. The Morgan fingerprint density at radius 1 is 0.962 bits per heavy atom. The molecule has 3 aromatic heterocycles. The van der Waals surface area contributed by atoms with Gasteiger partial charge in [0.1, 0.15) is 12.4 Å². The molecule has 128 valence electrons. The van der Waals surface area contributed by atoms with Crippen LogP contribution in [0.2, 0.25) is 0 Å². The maximum atomic E-state index is 12.5. The Labute approximate surface area is 149 Å². The third-order valence-corrected chi connectivity index (χ3v) is 3.79. The molecule has 0 aliphatic rings. The molecular formula is C19H15N5O2. The Bertz CT molecular complexity index is 1030. The first kappa shape index (κ1) is 15.8. The van der Waals surface area contributed by atoms with Gasteiger partial charge >= 0.3 is 0 Å². The first-order valence-corrected chi connectivity index (χ1v) is 8.00. The predicted octanol–water partition coefficient (Wildman–Crippen LogP) is 2.96. The SMILES string of the molecule is O=C(Nc1ccc(OCc2ccncc2)cc1)c1nccn2ccnc12. The quantitative estimate of drug-likeness (QED) is 0.601. The van der Waals surface area contributed by atoms with Crippen LogP contribution in [0.3, 0.4) is 0 Å². The molecule has 0 aliphatic heterocycles. The van der Waals surface area contributed by atoms with E-state index in [1.165, 1.54) is 0 Å². The number of carbonyl (C=O) groups is 1. The maximum Gasteiger partial charge on any atom is 0.278 e. The highest BCUT2D eigenvalue weighted by atomic mass is 16.5. The molecule has 0 radical (unpaired) electrons. The largest absolute Gasteiger partial charge is 0.489 e. The number of aromatic nitrogens is 4. The van der Waals surface area contributed by atoms with Crippen molar-refractivity contribution in [3.8, 4) is 5.75 Å². The minimum Gasteiger partial charge on any atom is -0.489 e. The van der Waals surface area contributed by atoms with E-state index in [9.17, 15) is 4.79 Å². The molecule has 0 unspecified atom stereocenters. The van der Waals surface area contributed by atoms with Crippen LogP contribution in [0.5, 0.6) is 5.75 Å². The molecule has 26 heavy (non-hydrogen) atoms. The van der Waals surface area contributed by atoms with Crippen LogP contribution in [0.15, 0.2) is 73.6 Å². The zero-order chi connectivity index (χ0) is 17.8. The Morgan fingerprint density at radius 2 is 1.69 bits per heavy atom. The molecule has 4 aromatic rings. The summed E-state index contributed by atoms with van der Waals surface area (Å²) in [4.78, 5) is 24.7. The van der Waals surface area contributed by atoms with E-state index >= 15 is 0 Å². The average Bonchev–Trinajstić information content (AvgIpc) is 3.17.